The van der Waals surface area contributed by atoms with Crippen LogP contribution in [0.3, 0.4) is 0 Å². The van der Waals surface area contributed by atoms with Gasteiger partial charge in [0.15, 0.2) is 0 Å². The lowest BCUT2D eigenvalue weighted by Gasteiger charge is -2.10. The molecule has 1 aliphatic rings. The van der Waals surface area contributed by atoms with E-state index in [1.54, 1.807) is 12.1 Å². The monoisotopic (exact) mass is 373 g/mol. The molecule has 1 aliphatic carbocycles. The first kappa shape index (κ1) is 16.9. The molecule has 2 aromatic carbocycles. The summed E-state index contributed by atoms with van der Waals surface area (Å²) in [7, 11) is 0. The Morgan fingerprint density at radius 2 is 1.75 bits per heavy atom. The number of rotatable bonds is 4. The van der Waals surface area contributed by atoms with Gasteiger partial charge in [-0.3, -0.25) is 0 Å². The fourth-order valence-corrected chi connectivity index (χ4v) is 3.54. The Balaban J connectivity index is 1.68. The van der Waals surface area contributed by atoms with Crippen LogP contribution in [0, 0.1) is 11.7 Å². The molecule has 2 heterocycles. The second-order valence-corrected chi connectivity index (χ2v) is 7.02. The molecule has 0 amide bonds. The number of fused-ring (bicyclic) bond motifs is 1. The van der Waals surface area contributed by atoms with E-state index in [4.69, 9.17) is 5.73 Å². The molecule has 139 valence electrons. The van der Waals surface area contributed by atoms with E-state index in [1.165, 1.54) is 23.6 Å². The molecule has 0 saturated heterocycles. The van der Waals surface area contributed by atoms with Crippen LogP contribution in [0.1, 0.15) is 24.0 Å². The van der Waals surface area contributed by atoms with Crippen molar-refractivity contribution in [2.75, 3.05) is 5.73 Å². The highest BCUT2D eigenvalue weighted by Gasteiger charge is 2.25. The molecular weight excluding hydrogens is 355 g/mol. The van der Waals surface area contributed by atoms with Crippen LogP contribution >= 0.6 is 0 Å². The fraction of sp³-hybridized carbons (Fsp3) is 0.136. The third kappa shape index (κ3) is 2.92. The van der Waals surface area contributed by atoms with Crippen LogP contribution in [-0.2, 0) is 6.61 Å². The summed E-state index contributed by atoms with van der Waals surface area (Å²) in [5.74, 6) is 1.28. The van der Waals surface area contributed by atoms with E-state index >= 15 is 0 Å². The maximum absolute atomic E-state index is 13.2. The quantitative estimate of drug-likeness (QED) is 0.500. The van der Waals surface area contributed by atoms with E-state index in [9.17, 15) is 9.50 Å². The topological polar surface area (TPSA) is 87.8 Å². The Morgan fingerprint density at radius 3 is 2.46 bits per heavy atom. The van der Waals surface area contributed by atoms with Crippen molar-refractivity contribution in [2.45, 2.75) is 19.4 Å². The summed E-state index contributed by atoms with van der Waals surface area (Å²) >= 11 is 0. The predicted octanol–water partition coefficient (Wildman–Crippen LogP) is 4.22. The van der Waals surface area contributed by atoms with E-state index in [2.05, 4.69) is 21.0 Å². The van der Waals surface area contributed by atoms with E-state index in [0.717, 1.165) is 40.6 Å². The Labute approximate surface area is 161 Å². The van der Waals surface area contributed by atoms with Gasteiger partial charge in [0.25, 0.3) is 0 Å². The highest BCUT2D eigenvalue weighted by atomic mass is 19.1. The Morgan fingerprint density at radius 1 is 1.00 bits per heavy atom. The first-order valence-electron chi connectivity index (χ1n) is 9.14. The number of nitrogens with one attached hydrogen (secondary N) is 1. The third-order valence-electron chi connectivity index (χ3n) is 5.10. The Hall–Kier alpha value is -3.25. The summed E-state index contributed by atoms with van der Waals surface area (Å²) in [6, 6.07) is 14.2. The van der Waals surface area contributed by atoms with Gasteiger partial charge in [-0.25, -0.2) is 9.37 Å². The number of nitrogens with zero attached hydrogens (tertiary/aromatic N) is 2. The number of aromatic nitrogens is 3. The van der Waals surface area contributed by atoms with E-state index in [1.807, 2.05) is 18.2 Å². The zero-order valence-corrected chi connectivity index (χ0v) is 15.0. The number of aliphatic hydroxyl groups is 1. The van der Waals surface area contributed by atoms with Crippen molar-refractivity contribution in [2.24, 2.45) is 0 Å². The maximum Gasteiger partial charge on any atom is 0.222 e. The summed E-state index contributed by atoms with van der Waals surface area (Å²) in [6.45, 7) is -0.0862. The van der Waals surface area contributed by atoms with Crippen molar-refractivity contribution in [3.63, 3.8) is 0 Å². The molecule has 0 bridgehead atoms. The molecular formula is C22H18FN4O. The molecule has 1 radical (unpaired) electrons. The van der Waals surface area contributed by atoms with Gasteiger partial charge >= 0.3 is 0 Å². The summed E-state index contributed by atoms with van der Waals surface area (Å²) in [5.41, 5.74) is 11.7. The van der Waals surface area contributed by atoms with Crippen LogP contribution in [0.4, 0.5) is 10.3 Å². The smallest absolute Gasteiger partial charge is 0.222 e. The minimum Gasteiger partial charge on any atom is -0.392 e. The van der Waals surface area contributed by atoms with Crippen LogP contribution in [0.2, 0.25) is 0 Å². The van der Waals surface area contributed by atoms with Gasteiger partial charge in [-0.15, -0.1) is 0 Å². The zero-order chi connectivity index (χ0) is 19.3. The van der Waals surface area contributed by atoms with Gasteiger partial charge in [0.2, 0.25) is 5.95 Å². The number of nitrogen functional groups attached to an aromatic ring is 1. The summed E-state index contributed by atoms with van der Waals surface area (Å²) in [6.07, 6.45) is 2.24. The normalized spacial score (nSPS) is 13.9. The number of hydrogen-bond donors (Lipinski definition) is 3. The highest BCUT2D eigenvalue weighted by molar-refractivity contribution is 5.95. The van der Waals surface area contributed by atoms with E-state index in [-0.39, 0.29) is 18.4 Å². The number of H-pyrrole nitrogens is 1. The molecule has 4 aromatic rings. The molecule has 28 heavy (non-hydrogen) atoms. The predicted molar refractivity (Wildman–Crippen MR) is 107 cm³/mol. The second kappa shape index (κ2) is 6.42. The van der Waals surface area contributed by atoms with Crippen LogP contribution < -0.4 is 5.73 Å². The summed E-state index contributed by atoms with van der Waals surface area (Å²) < 4.78 is 13.2. The Bertz CT molecular complexity index is 1180. The van der Waals surface area contributed by atoms with Crippen molar-refractivity contribution >= 4 is 17.0 Å². The van der Waals surface area contributed by atoms with E-state index < -0.39 is 0 Å². The molecule has 0 atom stereocenters. The number of benzene rings is 2. The van der Waals surface area contributed by atoms with Gasteiger partial charge in [0.05, 0.1) is 12.3 Å². The van der Waals surface area contributed by atoms with Gasteiger partial charge < -0.3 is 15.8 Å². The molecule has 1 fully saturated rings. The summed E-state index contributed by atoms with van der Waals surface area (Å²) in [5, 5.41) is 10.7. The molecule has 0 spiro atoms. The minimum absolute atomic E-state index is 0.0862. The van der Waals surface area contributed by atoms with E-state index in [0.29, 0.717) is 11.3 Å². The summed E-state index contributed by atoms with van der Waals surface area (Å²) in [4.78, 5) is 12.0. The Kier molecular flexibility index (Phi) is 3.87. The van der Waals surface area contributed by atoms with Gasteiger partial charge in [0, 0.05) is 22.6 Å². The molecule has 0 aliphatic heterocycles. The molecule has 4 N–H and O–H groups in total. The number of anilines is 1. The number of nitrogens with two attached hydrogens (primary N) is 1. The standard InChI is InChI=1S/C22H18FN4O/c23-16-6-3-13(4-7-16)19-10-18-20(26-22(24)27-21(18)25-19)17-8-5-14(12-1-2-12)9-15(17)11-28/h3-10,28H,1-2,11H2,(H3,24,25,26,27). The minimum atomic E-state index is -0.286. The SMILES string of the molecule is Nc1nc(-c2ccc([C]3CC3)cc2CO)c2cc(-c3ccc(F)cc3)[nH]c2n1. The zero-order valence-electron chi connectivity index (χ0n) is 15.0. The largest absolute Gasteiger partial charge is 0.392 e. The lowest BCUT2D eigenvalue weighted by molar-refractivity contribution is 0.282. The molecule has 1 saturated carbocycles. The average molecular weight is 373 g/mol. The van der Waals surface area contributed by atoms with Gasteiger partial charge in [-0.2, -0.15) is 4.98 Å². The fourth-order valence-electron chi connectivity index (χ4n) is 3.54. The van der Waals surface area contributed by atoms with Crippen LogP contribution in [0.15, 0.2) is 48.5 Å². The van der Waals surface area contributed by atoms with Gasteiger partial charge in [0.1, 0.15) is 11.5 Å². The van der Waals surface area contributed by atoms with Crippen molar-refractivity contribution in [1.82, 2.24) is 15.0 Å². The average Bonchev–Trinajstić information content (AvgIpc) is 3.47. The van der Waals surface area contributed by atoms with Gasteiger partial charge in [-0.1, -0.05) is 18.2 Å². The first-order valence-corrected chi connectivity index (χ1v) is 9.14. The number of halogens is 1. The maximum atomic E-state index is 13.2. The van der Waals surface area contributed by atoms with Crippen molar-refractivity contribution < 1.29 is 9.50 Å². The number of aliphatic hydroxyl groups excluding tert-OH is 1. The molecule has 0 unspecified atom stereocenters. The van der Waals surface area contributed by atoms with Crippen LogP contribution in [0.5, 0.6) is 0 Å². The molecule has 5 rings (SSSR count). The lowest BCUT2D eigenvalue weighted by Crippen LogP contribution is -2.00. The number of hydrogen-bond acceptors (Lipinski definition) is 4. The van der Waals surface area contributed by atoms with Crippen molar-refractivity contribution in [3.8, 4) is 22.5 Å². The first-order chi connectivity index (χ1) is 13.6. The van der Waals surface area contributed by atoms with Crippen molar-refractivity contribution in [1.29, 1.82) is 0 Å². The number of aromatic amines is 1. The third-order valence-corrected chi connectivity index (χ3v) is 5.10. The molecule has 2 aromatic heterocycles. The second-order valence-electron chi connectivity index (χ2n) is 7.02. The molecule has 5 nitrogen and oxygen atoms in total. The van der Waals surface area contributed by atoms with Gasteiger partial charge in [-0.05, 0) is 59.9 Å². The van der Waals surface area contributed by atoms with Crippen LogP contribution in [-0.4, -0.2) is 20.1 Å². The van der Waals surface area contributed by atoms with Crippen molar-refractivity contribution in [3.05, 3.63) is 71.4 Å². The van der Waals surface area contributed by atoms with Crippen LogP contribution in [0.25, 0.3) is 33.5 Å². The lowest BCUT2D eigenvalue weighted by atomic mass is 9.98. The highest BCUT2D eigenvalue weighted by Crippen LogP contribution is 2.41. The molecule has 6 heteroatoms.